The molecule has 8 heavy (non-hydrogen) atoms. The van der Waals surface area contributed by atoms with Gasteiger partial charge in [-0.2, -0.15) is 21.7 Å². The Balaban J connectivity index is 2.82. The Labute approximate surface area is 52.0 Å². The van der Waals surface area contributed by atoms with Crippen LogP contribution in [-0.2, 0) is 9.84 Å². The molecule has 0 unspecified atom stereocenters. The average Bonchev–Trinajstić information content (AvgIpc) is 1.66. The lowest BCUT2D eigenvalue weighted by Crippen LogP contribution is -2.01. The summed E-state index contributed by atoms with van der Waals surface area (Å²) in [4.78, 5) is 9.53. The summed E-state index contributed by atoms with van der Waals surface area (Å²) in [6.07, 6.45) is 0.428. The van der Waals surface area contributed by atoms with E-state index in [1.54, 1.807) is 0 Å². The standard InChI is InChI=1S/C4H7O3S/c1-8-3-2-7-4(5)6/h2-3H2,1H3. The Morgan fingerprint density at radius 1 is 1.75 bits per heavy atom. The van der Waals surface area contributed by atoms with E-state index in [0.29, 0.717) is 5.75 Å². The van der Waals surface area contributed by atoms with Crippen LogP contribution in [0.1, 0.15) is 0 Å². The van der Waals surface area contributed by atoms with Crippen molar-refractivity contribution < 1.29 is 14.6 Å². The summed E-state index contributed by atoms with van der Waals surface area (Å²) in [7, 11) is 0. The number of carbonyl (C=O) groups is 1. The van der Waals surface area contributed by atoms with Gasteiger partial charge in [0.25, 0.3) is 0 Å². The predicted molar refractivity (Wildman–Crippen MR) is 30.4 cm³/mol. The summed E-state index contributed by atoms with van der Waals surface area (Å²) in [6.45, 7) is 0.226. The molecule has 0 aliphatic heterocycles. The van der Waals surface area contributed by atoms with E-state index >= 15 is 0 Å². The van der Waals surface area contributed by atoms with Crippen LogP contribution in [0.3, 0.4) is 0 Å². The minimum absolute atomic E-state index is 0.226. The Hall–Kier alpha value is -0.380. The fourth-order valence-electron chi connectivity index (χ4n) is 0.208. The van der Waals surface area contributed by atoms with Crippen LogP contribution < -0.4 is 0 Å². The number of rotatable bonds is 3. The topological polar surface area (TPSA) is 46.2 Å². The van der Waals surface area contributed by atoms with Crippen LogP contribution in [0.5, 0.6) is 0 Å². The predicted octanol–water partition coefficient (Wildman–Crippen LogP) is 0.916. The first-order chi connectivity index (χ1) is 3.77. The van der Waals surface area contributed by atoms with Crippen LogP contribution in [0.25, 0.3) is 0 Å². The third-order valence-electron chi connectivity index (χ3n) is 0.507. The van der Waals surface area contributed by atoms with Gasteiger partial charge in [0, 0.05) is 5.75 Å². The lowest BCUT2D eigenvalue weighted by Gasteiger charge is -1.92. The van der Waals surface area contributed by atoms with Crippen LogP contribution >= 0.6 is 11.8 Å². The Bertz CT molecular complexity index is 73.7. The maximum atomic E-state index is 9.53. The molecule has 0 N–H and O–H groups in total. The molecule has 0 aromatic rings. The first kappa shape index (κ1) is 7.62. The summed E-state index contributed by atoms with van der Waals surface area (Å²) in [6, 6.07) is 0. The van der Waals surface area contributed by atoms with Gasteiger partial charge in [0.2, 0.25) is 0 Å². The molecular formula is C4H7O3S. The largest absolute Gasteiger partial charge is 0.550 e. The second-order valence-corrected chi connectivity index (χ2v) is 2.08. The molecule has 3 nitrogen and oxygen atoms in total. The van der Waals surface area contributed by atoms with Gasteiger partial charge < -0.3 is 4.74 Å². The monoisotopic (exact) mass is 135 g/mol. The smallest absolute Gasteiger partial charge is 0.431 e. The minimum atomic E-state index is -1.45. The van der Waals surface area contributed by atoms with Crippen molar-refractivity contribution in [2.24, 2.45) is 0 Å². The fraction of sp³-hybridized carbons (Fsp3) is 0.750. The molecular weight excluding hydrogens is 128 g/mol. The number of ether oxygens (including phenoxy) is 1. The van der Waals surface area contributed by atoms with Gasteiger partial charge in [-0.3, -0.25) is 0 Å². The van der Waals surface area contributed by atoms with Gasteiger partial charge in [0.1, 0.15) is 6.61 Å². The van der Waals surface area contributed by atoms with Crippen molar-refractivity contribution in [1.82, 2.24) is 0 Å². The first-order valence-electron chi connectivity index (χ1n) is 2.10. The maximum Gasteiger partial charge on any atom is 0.550 e. The molecule has 0 spiro atoms. The summed E-state index contributed by atoms with van der Waals surface area (Å²) >= 11 is 1.53. The number of hydrogen-bond donors (Lipinski definition) is 0. The maximum absolute atomic E-state index is 9.53. The van der Waals surface area contributed by atoms with E-state index < -0.39 is 6.16 Å². The third-order valence-corrected chi connectivity index (χ3v) is 1.08. The molecule has 0 amide bonds. The van der Waals surface area contributed by atoms with Crippen molar-refractivity contribution in [3.05, 3.63) is 0 Å². The summed E-state index contributed by atoms with van der Waals surface area (Å²) in [5.41, 5.74) is 0. The highest BCUT2D eigenvalue weighted by molar-refractivity contribution is 7.98. The van der Waals surface area contributed by atoms with Crippen molar-refractivity contribution in [3.8, 4) is 0 Å². The van der Waals surface area contributed by atoms with Gasteiger partial charge in [-0.15, -0.1) is 0 Å². The minimum Gasteiger partial charge on any atom is -0.431 e. The van der Waals surface area contributed by atoms with E-state index in [-0.39, 0.29) is 6.61 Å². The zero-order chi connectivity index (χ0) is 6.41. The van der Waals surface area contributed by atoms with E-state index in [0.717, 1.165) is 0 Å². The van der Waals surface area contributed by atoms with Crippen molar-refractivity contribution in [3.63, 3.8) is 0 Å². The molecule has 0 saturated heterocycles. The normalized spacial score (nSPS) is 8.62. The van der Waals surface area contributed by atoms with Crippen molar-refractivity contribution in [2.75, 3.05) is 18.6 Å². The fourth-order valence-corrected chi connectivity index (χ4v) is 0.458. The van der Waals surface area contributed by atoms with Crippen LogP contribution in [0.15, 0.2) is 0 Å². The highest BCUT2D eigenvalue weighted by atomic mass is 32.2. The molecule has 4 heteroatoms. The van der Waals surface area contributed by atoms with E-state index in [9.17, 15) is 9.90 Å². The lowest BCUT2D eigenvalue weighted by atomic mass is 10.9. The molecule has 0 atom stereocenters. The molecule has 0 aliphatic carbocycles. The van der Waals surface area contributed by atoms with Gasteiger partial charge >= 0.3 is 6.16 Å². The van der Waals surface area contributed by atoms with E-state index in [1.807, 2.05) is 6.26 Å². The third kappa shape index (κ3) is 5.62. The Morgan fingerprint density at radius 3 is 2.75 bits per heavy atom. The molecule has 0 fully saturated rings. The highest BCUT2D eigenvalue weighted by Crippen LogP contribution is 1.90. The van der Waals surface area contributed by atoms with E-state index in [4.69, 9.17) is 0 Å². The first-order valence-corrected chi connectivity index (χ1v) is 3.49. The highest BCUT2D eigenvalue weighted by Gasteiger charge is 1.95. The van der Waals surface area contributed by atoms with Gasteiger partial charge in [0.15, 0.2) is 0 Å². The molecule has 0 aliphatic rings. The average molecular weight is 135 g/mol. The molecule has 0 heterocycles. The van der Waals surface area contributed by atoms with Crippen molar-refractivity contribution in [1.29, 1.82) is 0 Å². The summed E-state index contributed by atoms with van der Waals surface area (Å²) in [5.74, 6) is 0.688. The zero-order valence-electron chi connectivity index (χ0n) is 4.55. The second-order valence-electron chi connectivity index (χ2n) is 1.09. The van der Waals surface area contributed by atoms with E-state index in [2.05, 4.69) is 4.74 Å². The van der Waals surface area contributed by atoms with Crippen LogP contribution in [0.2, 0.25) is 0 Å². The SMILES string of the molecule is CSCCOC([O])=O. The van der Waals surface area contributed by atoms with Crippen LogP contribution in [0.4, 0.5) is 4.79 Å². The Morgan fingerprint density at radius 2 is 2.38 bits per heavy atom. The van der Waals surface area contributed by atoms with Gasteiger partial charge in [-0.1, -0.05) is 0 Å². The molecule has 47 valence electrons. The Kier molecular flexibility index (Phi) is 4.54. The van der Waals surface area contributed by atoms with Crippen LogP contribution in [0, 0.1) is 0 Å². The number of carbonyl (C=O) groups excluding carboxylic acids is 1. The molecule has 0 aromatic heterocycles. The van der Waals surface area contributed by atoms with Crippen LogP contribution in [-0.4, -0.2) is 24.8 Å². The van der Waals surface area contributed by atoms with Crippen molar-refractivity contribution >= 4 is 17.9 Å². The lowest BCUT2D eigenvalue weighted by molar-refractivity contribution is 0.0730. The van der Waals surface area contributed by atoms with E-state index in [1.165, 1.54) is 11.8 Å². The number of thioether (sulfide) groups is 1. The molecule has 0 bridgehead atoms. The molecule has 0 rings (SSSR count). The molecule has 0 saturated carbocycles. The number of hydrogen-bond acceptors (Lipinski definition) is 3. The summed E-state index contributed by atoms with van der Waals surface area (Å²) < 4.78 is 4.07. The summed E-state index contributed by atoms with van der Waals surface area (Å²) in [5, 5.41) is 9.53. The van der Waals surface area contributed by atoms with Gasteiger partial charge in [-0.05, 0) is 6.26 Å². The van der Waals surface area contributed by atoms with Gasteiger partial charge in [0.05, 0.1) is 0 Å². The molecule has 1 radical (unpaired) electrons. The second kappa shape index (κ2) is 4.77. The van der Waals surface area contributed by atoms with Crippen molar-refractivity contribution in [2.45, 2.75) is 0 Å². The quantitative estimate of drug-likeness (QED) is 0.427. The molecule has 0 aromatic carbocycles. The zero-order valence-corrected chi connectivity index (χ0v) is 5.36. The van der Waals surface area contributed by atoms with Gasteiger partial charge in [-0.25, -0.2) is 0 Å².